The number of halogens is 4. The third-order valence-electron chi connectivity index (χ3n) is 3.59. The molecule has 2 rings (SSSR count). The number of rotatable bonds is 6. The van der Waals surface area contributed by atoms with Crippen molar-refractivity contribution in [1.29, 1.82) is 0 Å². The summed E-state index contributed by atoms with van der Waals surface area (Å²) in [4.78, 5) is 23.6. The third kappa shape index (κ3) is 5.59. The molecule has 1 atom stereocenters. The van der Waals surface area contributed by atoms with Crippen LogP contribution < -0.4 is 16.8 Å². The molecule has 0 bridgehead atoms. The van der Waals surface area contributed by atoms with Gasteiger partial charge in [0.25, 0.3) is 0 Å². The molecule has 152 valence electrons. The number of benzene rings is 1. The summed E-state index contributed by atoms with van der Waals surface area (Å²) < 4.78 is 43.4. The molecule has 0 unspecified atom stereocenters. The van der Waals surface area contributed by atoms with Crippen LogP contribution in [0.5, 0.6) is 0 Å². The summed E-state index contributed by atoms with van der Waals surface area (Å²) in [6.07, 6.45) is -4.52. The van der Waals surface area contributed by atoms with Crippen molar-refractivity contribution in [3.8, 4) is 0 Å². The molecule has 0 spiro atoms. The molecule has 0 aliphatic heterocycles. The number of nitrogens with one attached hydrogen (secondary N) is 1. The Kier molecular flexibility index (Phi) is 6.49. The molecule has 8 nitrogen and oxygen atoms in total. The molecule has 0 saturated heterocycles. The minimum absolute atomic E-state index is 0.0634. The summed E-state index contributed by atoms with van der Waals surface area (Å²) in [5.74, 6) is -1.11. The Morgan fingerprint density at radius 2 is 1.82 bits per heavy atom. The van der Waals surface area contributed by atoms with E-state index in [1.54, 1.807) is 13.8 Å². The molecule has 0 fully saturated rings. The number of aromatic nitrogens is 3. The van der Waals surface area contributed by atoms with Crippen molar-refractivity contribution in [3.63, 3.8) is 0 Å². The molecule has 28 heavy (non-hydrogen) atoms. The Bertz CT molecular complexity index is 843. The molecule has 12 heteroatoms. The van der Waals surface area contributed by atoms with Crippen LogP contribution in [0.3, 0.4) is 0 Å². The smallest absolute Gasteiger partial charge is 0.416 e. The number of nitrogens with zero attached hydrogens (tertiary/aromatic N) is 3. The van der Waals surface area contributed by atoms with Crippen molar-refractivity contribution >= 4 is 35.2 Å². The fourth-order valence-electron chi connectivity index (χ4n) is 2.22. The monoisotopic (exact) mass is 418 g/mol. The quantitative estimate of drug-likeness (QED) is 0.610. The normalized spacial score (nSPS) is 12.7. The topological polar surface area (TPSA) is 129 Å². The first-order valence-corrected chi connectivity index (χ1v) is 8.41. The Morgan fingerprint density at radius 1 is 1.21 bits per heavy atom. The van der Waals surface area contributed by atoms with Gasteiger partial charge in [0.05, 0.1) is 16.3 Å². The number of hydrogen-bond donors (Lipinski definition) is 3. The van der Waals surface area contributed by atoms with E-state index in [0.29, 0.717) is 0 Å². The van der Waals surface area contributed by atoms with Gasteiger partial charge in [-0.1, -0.05) is 25.4 Å². The van der Waals surface area contributed by atoms with Crippen LogP contribution in [0.15, 0.2) is 18.2 Å². The van der Waals surface area contributed by atoms with Crippen molar-refractivity contribution in [2.75, 3.05) is 16.8 Å². The van der Waals surface area contributed by atoms with E-state index in [2.05, 4.69) is 20.3 Å². The fourth-order valence-corrected chi connectivity index (χ4v) is 2.46. The van der Waals surface area contributed by atoms with E-state index < -0.39 is 23.8 Å². The summed E-state index contributed by atoms with van der Waals surface area (Å²) in [7, 11) is 0. The summed E-state index contributed by atoms with van der Waals surface area (Å²) >= 11 is 5.93. The molecular weight excluding hydrogens is 401 g/mol. The number of ether oxygens (including phenoxy) is 1. The molecule has 0 amide bonds. The Morgan fingerprint density at radius 3 is 2.32 bits per heavy atom. The predicted octanol–water partition coefficient (Wildman–Crippen LogP) is 2.89. The zero-order valence-electron chi connectivity index (χ0n) is 14.9. The summed E-state index contributed by atoms with van der Waals surface area (Å²) in [6, 6.07) is 1.92. The number of carbonyl (C=O) groups is 1. The van der Waals surface area contributed by atoms with Gasteiger partial charge in [0.15, 0.2) is 12.4 Å². The van der Waals surface area contributed by atoms with E-state index in [1.165, 1.54) is 0 Å². The van der Waals surface area contributed by atoms with Crippen LogP contribution in [-0.4, -0.2) is 27.0 Å². The van der Waals surface area contributed by atoms with Crippen LogP contribution >= 0.6 is 11.6 Å². The molecule has 0 radical (unpaired) electrons. The van der Waals surface area contributed by atoms with Gasteiger partial charge in [0.1, 0.15) is 6.04 Å². The van der Waals surface area contributed by atoms with Gasteiger partial charge in [0, 0.05) is 0 Å². The van der Waals surface area contributed by atoms with Crippen LogP contribution in [0.1, 0.15) is 25.2 Å². The number of nitrogens with two attached hydrogens (primary N) is 2. The summed E-state index contributed by atoms with van der Waals surface area (Å²) in [6.45, 7) is 3.16. The SMILES string of the molecule is CC(C)[C@@H](Nc1ccc(C(F)(F)F)cc1Cl)C(=O)OCc1nc(N)nc(N)n1. The molecule has 1 heterocycles. The number of carbonyl (C=O) groups excluding carboxylic acids is 1. The number of hydrogen-bond acceptors (Lipinski definition) is 8. The van der Waals surface area contributed by atoms with Crippen molar-refractivity contribution in [1.82, 2.24) is 15.0 Å². The van der Waals surface area contributed by atoms with Gasteiger partial charge in [-0.15, -0.1) is 0 Å². The largest absolute Gasteiger partial charge is 0.456 e. The van der Waals surface area contributed by atoms with Crippen LogP contribution in [0.2, 0.25) is 5.02 Å². The predicted molar refractivity (Wildman–Crippen MR) is 97.2 cm³/mol. The van der Waals surface area contributed by atoms with Gasteiger partial charge in [0.2, 0.25) is 11.9 Å². The fraction of sp³-hybridized carbons (Fsp3) is 0.375. The maximum Gasteiger partial charge on any atom is 0.416 e. The third-order valence-corrected chi connectivity index (χ3v) is 3.90. The molecule has 5 N–H and O–H groups in total. The lowest BCUT2D eigenvalue weighted by molar-refractivity contribution is -0.147. The minimum atomic E-state index is -4.52. The standard InChI is InChI=1S/C16H18ClF3N6O2/c1-7(2)12(13(27)28-6-11-24-14(21)26-15(22)25-11)23-10-4-3-8(5-9(10)17)16(18,19)20/h3-5,7,12,23H,6H2,1-2H3,(H4,21,22,24,25,26)/t12-/m1/s1. The average molecular weight is 419 g/mol. The van der Waals surface area contributed by atoms with Crippen molar-refractivity contribution < 1.29 is 22.7 Å². The second kappa shape index (κ2) is 8.46. The van der Waals surface area contributed by atoms with Crippen LogP contribution in [0, 0.1) is 5.92 Å². The van der Waals surface area contributed by atoms with E-state index in [9.17, 15) is 18.0 Å². The number of nitrogen functional groups attached to an aromatic ring is 2. The number of alkyl halides is 3. The van der Waals surface area contributed by atoms with Gasteiger partial charge in [-0.3, -0.25) is 0 Å². The first-order chi connectivity index (χ1) is 13.0. The summed E-state index contributed by atoms with van der Waals surface area (Å²) in [5.41, 5.74) is 10.2. The van der Waals surface area contributed by atoms with Crippen molar-refractivity contribution in [3.05, 3.63) is 34.6 Å². The lowest BCUT2D eigenvalue weighted by Crippen LogP contribution is -2.36. The Hall–Kier alpha value is -2.82. The van der Waals surface area contributed by atoms with Crippen molar-refractivity contribution in [2.45, 2.75) is 32.7 Å². The first kappa shape index (κ1) is 21.5. The minimum Gasteiger partial charge on any atom is -0.456 e. The van der Waals surface area contributed by atoms with Gasteiger partial charge in [-0.25, -0.2) is 4.79 Å². The first-order valence-electron chi connectivity index (χ1n) is 8.03. The van der Waals surface area contributed by atoms with E-state index in [1.807, 2.05) is 0 Å². The molecule has 0 aliphatic rings. The van der Waals surface area contributed by atoms with Crippen LogP contribution in [-0.2, 0) is 22.3 Å². The second-order valence-electron chi connectivity index (χ2n) is 6.13. The number of anilines is 3. The van der Waals surface area contributed by atoms with Crippen molar-refractivity contribution in [2.24, 2.45) is 5.92 Å². The van der Waals surface area contributed by atoms with Gasteiger partial charge in [-0.2, -0.15) is 28.1 Å². The zero-order chi connectivity index (χ0) is 21.1. The van der Waals surface area contributed by atoms with Crippen LogP contribution in [0.25, 0.3) is 0 Å². The average Bonchev–Trinajstić information content (AvgIpc) is 2.56. The molecule has 2 aromatic rings. The second-order valence-corrected chi connectivity index (χ2v) is 6.54. The molecule has 1 aromatic carbocycles. The molecule has 1 aromatic heterocycles. The maximum atomic E-state index is 12.7. The maximum absolute atomic E-state index is 12.7. The highest BCUT2D eigenvalue weighted by Gasteiger charge is 2.31. The Balaban J connectivity index is 2.11. The Labute approximate surface area is 163 Å². The molecule has 0 aliphatic carbocycles. The summed E-state index contributed by atoms with van der Waals surface area (Å²) in [5, 5.41) is 2.63. The van der Waals surface area contributed by atoms with E-state index >= 15 is 0 Å². The highest BCUT2D eigenvalue weighted by Crippen LogP contribution is 2.34. The van der Waals surface area contributed by atoms with Gasteiger partial charge >= 0.3 is 12.1 Å². The highest BCUT2D eigenvalue weighted by atomic mass is 35.5. The van der Waals surface area contributed by atoms with Gasteiger partial charge < -0.3 is 21.5 Å². The highest BCUT2D eigenvalue weighted by molar-refractivity contribution is 6.33. The lowest BCUT2D eigenvalue weighted by Gasteiger charge is -2.22. The molecule has 0 saturated carbocycles. The number of esters is 1. The molecular formula is C16H18ClF3N6O2. The lowest BCUT2D eigenvalue weighted by atomic mass is 10.0. The van der Waals surface area contributed by atoms with E-state index in [4.69, 9.17) is 27.8 Å². The van der Waals surface area contributed by atoms with E-state index in [-0.39, 0.29) is 41.0 Å². The van der Waals surface area contributed by atoms with Crippen LogP contribution in [0.4, 0.5) is 30.8 Å². The zero-order valence-corrected chi connectivity index (χ0v) is 15.7. The van der Waals surface area contributed by atoms with E-state index in [0.717, 1.165) is 18.2 Å². The van der Waals surface area contributed by atoms with Gasteiger partial charge in [-0.05, 0) is 24.1 Å².